The van der Waals surface area contributed by atoms with Gasteiger partial charge in [-0.2, -0.15) is 40.5 Å². The minimum atomic E-state index is -1.21. The van der Waals surface area contributed by atoms with Crippen LogP contribution in [-0.2, 0) is 0 Å². The van der Waals surface area contributed by atoms with Crippen LogP contribution in [0.5, 0.6) is 0 Å². The summed E-state index contributed by atoms with van der Waals surface area (Å²) < 4.78 is 0. The first kappa shape index (κ1) is 75.4. The summed E-state index contributed by atoms with van der Waals surface area (Å²) in [5.41, 5.74) is 1.36. The van der Waals surface area contributed by atoms with Crippen molar-refractivity contribution in [1.29, 1.82) is 0 Å². The summed E-state index contributed by atoms with van der Waals surface area (Å²) in [6, 6.07) is 112. The standard InChI is InChI=1S/C96H64N20O4/c117-93(113(109-101-70-45-17-5-18-46-70)82-59-29-25-55-78(82)105-97-66-37-9-1-10-38-66)77-64-63-75-74-53-33-35-65-36-34-54-76(86(65)74)88-87(75)89(77)91(95(119)115(111-103-72-49-21-7-22-50-72)84-61-31-27-57-80(84)107-99-68-41-13-3-14-42-68)92(96(120)116(112-104-73-51-23-8-24-52-73)85-62-32-28-58-81(85)108-100-69-43-15-4-16-44-69)90(88)94(118)114(110-102-71-47-19-6-20-48-71)83-60-30-26-56-79(83)106-98-67-39-11-2-12-40-67/h1-64H. The summed E-state index contributed by atoms with van der Waals surface area (Å²) >= 11 is 0. The van der Waals surface area contributed by atoms with Gasteiger partial charge < -0.3 is 0 Å². The van der Waals surface area contributed by atoms with Crippen molar-refractivity contribution in [3.05, 3.63) is 411 Å². The van der Waals surface area contributed by atoms with Crippen molar-refractivity contribution in [3.8, 4) is 0 Å². The van der Waals surface area contributed by atoms with Crippen LogP contribution in [0.25, 0.3) is 43.1 Å². The minimum absolute atomic E-state index is 0.00443. The zero-order valence-corrected chi connectivity index (χ0v) is 63.5. The molecule has 0 saturated heterocycles. The summed E-state index contributed by atoms with van der Waals surface area (Å²) in [5, 5.41) is 83.0. The van der Waals surface area contributed by atoms with Crippen LogP contribution in [0.2, 0.25) is 0 Å². The monoisotopic (exact) mass is 1560 g/mol. The Morgan fingerprint density at radius 2 is 0.425 bits per heavy atom. The van der Waals surface area contributed by atoms with Crippen LogP contribution in [0.3, 0.4) is 0 Å². The molecule has 4 amide bonds. The molecular formula is C96H64N20O4. The van der Waals surface area contributed by atoms with Gasteiger partial charge in [-0.15, -0.1) is 40.9 Å². The number of rotatable bonds is 24. The van der Waals surface area contributed by atoms with Crippen molar-refractivity contribution in [2.24, 2.45) is 82.3 Å². The van der Waals surface area contributed by atoms with E-state index in [4.69, 9.17) is 61.8 Å². The van der Waals surface area contributed by atoms with Crippen molar-refractivity contribution in [2.45, 2.75) is 0 Å². The number of fused-ring (bicyclic) bond motifs is 2. The predicted molar refractivity (Wildman–Crippen MR) is 467 cm³/mol. The molecule has 0 aromatic heterocycles. The summed E-state index contributed by atoms with van der Waals surface area (Å²) in [5.74, 6) is -4.40. The Hall–Kier alpha value is -17.3. The van der Waals surface area contributed by atoms with E-state index in [9.17, 15) is 0 Å². The molecule has 0 fully saturated rings. The van der Waals surface area contributed by atoms with Gasteiger partial charge in [-0.05, 0) is 184 Å². The molecule has 0 bridgehead atoms. The van der Waals surface area contributed by atoms with E-state index in [2.05, 4.69) is 20.5 Å². The lowest BCUT2D eigenvalue weighted by atomic mass is 9.80. The maximum Gasteiger partial charge on any atom is 0.281 e. The van der Waals surface area contributed by atoms with Crippen LogP contribution in [0.15, 0.2) is 471 Å². The van der Waals surface area contributed by atoms with Crippen molar-refractivity contribution in [1.82, 2.24) is 0 Å². The van der Waals surface area contributed by atoms with E-state index in [0.717, 1.165) is 20.0 Å². The number of benzene rings is 17. The van der Waals surface area contributed by atoms with Crippen LogP contribution < -0.4 is 20.0 Å². The molecule has 0 heterocycles. The molecule has 0 N–H and O–H groups in total. The Bertz CT molecular complexity index is 6890. The highest BCUT2D eigenvalue weighted by Crippen LogP contribution is 2.50. The van der Waals surface area contributed by atoms with Gasteiger partial charge in [-0.3, -0.25) is 19.2 Å². The maximum absolute atomic E-state index is 18.6. The first-order valence-electron chi connectivity index (χ1n) is 37.9. The second-order valence-electron chi connectivity index (χ2n) is 26.8. The molecule has 0 atom stereocenters. The number of nitrogens with zero attached hydrogens (tertiary/aromatic N) is 20. The summed E-state index contributed by atoms with van der Waals surface area (Å²) in [6.45, 7) is 0. The predicted octanol–water partition coefficient (Wildman–Crippen LogP) is 28.8. The second kappa shape index (κ2) is 35.4. The van der Waals surface area contributed by atoms with Gasteiger partial charge in [0.2, 0.25) is 0 Å². The van der Waals surface area contributed by atoms with Gasteiger partial charge in [-0.1, -0.05) is 257 Å². The quantitative estimate of drug-likeness (QED) is 0.0247. The van der Waals surface area contributed by atoms with E-state index in [-0.39, 0.29) is 78.6 Å². The van der Waals surface area contributed by atoms with E-state index in [1.807, 2.05) is 97.1 Å². The average molecular weight is 1560 g/mol. The normalized spacial score (nSPS) is 11.9. The third-order valence-corrected chi connectivity index (χ3v) is 19.1. The number of carbonyl (C=O) groups excluding carboxylic acids is 4. The fourth-order valence-corrected chi connectivity index (χ4v) is 13.6. The third-order valence-electron chi connectivity index (χ3n) is 19.1. The number of carbonyl (C=O) groups is 4. The molecule has 24 heteroatoms. The largest absolute Gasteiger partial charge is 0.281 e. The number of anilines is 4. The molecule has 0 aliphatic carbocycles. The average Bonchev–Trinajstić information content (AvgIpc) is 0.685. The van der Waals surface area contributed by atoms with E-state index in [1.165, 1.54) is 0 Å². The van der Waals surface area contributed by atoms with E-state index < -0.39 is 40.3 Å². The molecule has 120 heavy (non-hydrogen) atoms. The Morgan fingerprint density at radius 3 is 0.742 bits per heavy atom. The molecule has 0 radical (unpaired) electrons. The summed E-state index contributed by atoms with van der Waals surface area (Å²) in [4.78, 5) is 73.3. The molecule has 0 saturated carbocycles. The molecule has 17 aromatic carbocycles. The Morgan fingerprint density at radius 1 is 0.175 bits per heavy atom. The van der Waals surface area contributed by atoms with Gasteiger partial charge in [0.1, 0.15) is 22.7 Å². The molecule has 0 aliphatic heterocycles. The molecule has 17 aromatic rings. The topological polar surface area (TPSA) is 279 Å². The fraction of sp³-hybridized carbons (Fsp3) is 0. The van der Waals surface area contributed by atoms with Gasteiger partial charge >= 0.3 is 0 Å². The Labute approximate surface area is 685 Å². The SMILES string of the molecule is O=C(c1c(C(=O)N(N=Nc2ccccc2)c2ccccc2N=Nc2ccccc2)c2c(C(=O)N(N=Nc3ccccc3)c3ccccc3N=Nc3ccccc3)ccc3c4cccc5cccc(c(c1C(=O)N(N=Nc1ccccc1)c1ccccc1N=Nc1ccccc1)c23)c54)N(N=Nc1ccccc1)c1ccccc1N=Nc1ccccc1. The zero-order chi connectivity index (χ0) is 81.4. The van der Waals surface area contributed by atoms with Crippen LogP contribution in [-0.4, -0.2) is 23.6 Å². The van der Waals surface area contributed by atoms with Gasteiger partial charge in [0.25, 0.3) is 23.6 Å². The number of azo groups is 4. The highest BCUT2D eigenvalue weighted by Gasteiger charge is 2.42. The number of hydrogen-bond acceptors (Lipinski definition) is 20. The van der Waals surface area contributed by atoms with Gasteiger partial charge in [0, 0.05) is 10.8 Å². The summed E-state index contributed by atoms with van der Waals surface area (Å²) in [7, 11) is 0. The van der Waals surface area contributed by atoms with Crippen LogP contribution in [0.4, 0.5) is 91.0 Å². The third kappa shape index (κ3) is 16.3. The molecule has 0 aliphatic rings. The van der Waals surface area contributed by atoms with Crippen LogP contribution in [0.1, 0.15) is 41.4 Å². The highest BCUT2D eigenvalue weighted by molar-refractivity contribution is 6.43. The zero-order valence-electron chi connectivity index (χ0n) is 63.5. The summed E-state index contributed by atoms with van der Waals surface area (Å²) in [6.07, 6.45) is 0. The Balaban J connectivity index is 1.07. The Kier molecular flexibility index (Phi) is 22.2. The molecule has 17 rings (SSSR count). The van der Waals surface area contributed by atoms with Crippen LogP contribution in [0, 0.1) is 0 Å². The second-order valence-corrected chi connectivity index (χ2v) is 26.8. The number of amides is 4. The lowest BCUT2D eigenvalue weighted by Crippen LogP contribution is -2.36. The number of hydrogen-bond donors (Lipinski definition) is 0. The molecule has 0 spiro atoms. The first-order valence-corrected chi connectivity index (χ1v) is 37.9. The molecule has 24 nitrogen and oxygen atoms in total. The van der Waals surface area contributed by atoms with Crippen molar-refractivity contribution in [3.63, 3.8) is 0 Å². The van der Waals surface area contributed by atoms with E-state index in [1.54, 1.807) is 291 Å². The van der Waals surface area contributed by atoms with Crippen molar-refractivity contribution >= 4 is 158 Å². The maximum atomic E-state index is 18.6. The van der Waals surface area contributed by atoms with Gasteiger partial charge in [-0.25, -0.2) is 0 Å². The first-order chi connectivity index (χ1) is 59.3. The van der Waals surface area contributed by atoms with E-state index >= 15 is 19.2 Å². The van der Waals surface area contributed by atoms with E-state index in [0.29, 0.717) is 61.1 Å². The molecular weight excluding hydrogens is 1500 g/mol. The number of para-hydroxylation sites is 4. The fourth-order valence-electron chi connectivity index (χ4n) is 13.6. The van der Waals surface area contributed by atoms with Crippen molar-refractivity contribution < 1.29 is 19.2 Å². The minimum Gasteiger partial charge on any atom is -0.267 e. The molecule has 0 unspecified atom stereocenters. The highest BCUT2D eigenvalue weighted by atomic mass is 16.2. The molecule has 572 valence electrons. The smallest absolute Gasteiger partial charge is 0.267 e. The lowest BCUT2D eigenvalue weighted by Gasteiger charge is -2.29. The van der Waals surface area contributed by atoms with Gasteiger partial charge in [0.05, 0.1) is 90.5 Å². The van der Waals surface area contributed by atoms with Gasteiger partial charge in [0.15, 0.2) is 0 Å². The van der Waals surface area contributed by atoms with Crippen LogP contribution >= 0.6 is 0 Å². The lowest BCUT2D eigenvalue weighted by molar-refractivity contribution is 0.0941. The van der Waals surface area contributed by atoms with Crippen molar-refractivity contribution in [2.75, 3.05) is 20.0 Å².